The van der Waals surface area contributed by atoms with Crippen molar-refractivity contribution in [3.8, 4) is 0 Å². The Kier molecular flexibility index (Phi) is 5.54. The van der Waals surface area contributed by atoms with Crippen LogP contribution in [-0.4, -0.2) is 15.0 Å². The first-order valence-electron chi connectivity index (χ1n) is 9.29. The molecule has 8 heteroatoms. The van der Waals surface area contributed by atoms with Crippen molar-refractivity contribution < 1.29 is 9.21 Å². The summed E-state index contributed by atoms with van der Waals surface area (Å²) in [6.07, 6.45) is 1.48. The third-order valence-electron chi connectivity index (χ3n) is 4.73. The average Bonchev–Trinajstić information content (AvgIpc) is 3.27. The largest absolute Gasteiger partial charge is 0.467 e. The fourth-order valence-corrected chi connectivity index (χ4v) is 3.35. The summed E-state index contributed by atoms with van der Waals surface area (Å²) >= 11 is 5.87. The Morgan fingerprint density at radius 1 is 0.967 bits per heavy atom. The number of para-hydroxylation sites is 1. The molecule has 152 valence electrons. The number of hydrogen-bond donors (Lipinski definition) is 1. The van der Waals surface area contributed by atoms with Crippen molar-refractivity contribution in [2.75, 3.05) is 0 Å². The molecule has 0 aliphatic carbocycles. The Morgan fingerprint density at radius 3 is 2.47 bits per heavy atom. The molecule has 0 bridgehead atoms. The lowest BCUT2D eigenvalue weighted by Crippen LogP contribution is -2.42. The van der Waals surface area contributed by atoms with Crippen molar-refractivity contribution in [3.63, 3.8) is 0 Å². The van der Waals surface area contributed by atoms with E-state index in [4.69, 9.17) is 16.0 Å². The van der Waals surface area contributed by atoms with Crippen LogP contribution in [0, 0.1) is 0 Å². The van der Waals surface area contributed by atoms with Crippen molar-refractivity contribution in [3.05, 3.63) is 104 Å². The van der Waals surface area contributed by atoms with Crippen LogP contribution in [0.3, 0.4) is 0 Å². The molecule has 1 N–H and O–H groups in total. The molecule has 4 aromatic rings. The number of hydrogen-bond acceptors (Lipinski definition) is 4. The minimum Gasteiger partial charge on any atom is -0.467 e. The van der Waals surface area contributed by atoms with Gasteiger partial charge in [0.2, 0.25) is 5.91 Å². The molecule has 0 aliphatic heterocycles. The molecule has 30 heavy (non-hydrogen) atoms. The average molecular weight is 424 g/mol. The van der Waals surface area contributed by atoms with Gasteiger partial charge in [0.05, 0.1) is 23.7 Å². The second-order valence-corrected chi connectivity index (χ2v) is 7.20. The quantitative estimate of drug-likeness (QED) is 0.516. The van der Waals surface area contributed by atoms with E-state index in [1.165, 1.54) is 10.8 Å². The lowest BCUT2D eigenvalue weighted by molar-refractivity contribution is -0.121. The second-order valence-electron chi connectivity index (χ2n) is 6.76. The number of benzene rings is 2. The molecule has 0 spiro atoms. The van der Waals surface area contributed by atoms with Gasteiger partial charge < -0.3 is 9.73 Å². The van der Waals surface area contributed by atoms with Gasteiger partial charge in [-0.25, -0.2) is 4.79 Å². The summed E-state index contributed by atoms with van der Waals surface area (Å²) in [5, 5.41) is 3.76. The van der Waals surface area contributed by atoms with E-state index >= 15 is 0 Å². The summed E-state index contributed by atoms with van der Waals surface area (Å²) in [5.74, 6) is 0.128. The van der Waals surface area contributed by atoms with E-state index in [2.05, 4.69) is 5.32 Å². The number of halogens is 1. The van der Waals surface area contributed by atoms with Gasteiger partial charge in [-0.05, 0) is 42.0 Å². The number of nitrogens with zero attached hydrogens (tertiary/aromatic N) is 2. The van der Waals surface area contributed by atoms with Gasteiger partial charge in [0.15, 0.2) is 0 Å². The predicted octanol–water partition coefficient (Wildman–Crippen LogP) is 2.77. The standard InChI is InChI=1S/C22H18ClN3O4/c23-16-9-7-15(8-10-16)12-24-20(27)14-25-19-6-2-1-5-18(19)21(28)26(22(25)29)13-17-4-3-11-30-17/h1-11H,12-14H2,(H,24,27). The first-order valence-corrected chi connectivity index (χ1v) is 9.66. The monoisotopic (exact) mass is 423 g/mol. The summed E-state index contributed by atoms with van der Waals surface area (Å²) in [6.45, 7) is 0.0714. The minimum absolute atomic E-state index is 0.0120. The molecule has 2 heterocycles. The van der Waals surface area contributed by atoms with Crippen LogP contribution in [0.2, 0.25) is 5.02 Å². The van der Waals surface area contributed by atoms with Crippen molar-refractivity contribution in [2.45, 2.75) is 19.6 Å². The molecule has 0 saturated heterocycles. The lowest BCUT2D eigenvalue weighted by atomic mass is 10.2. The maximum absolute atomic E-state index is 13.1. The highest BCUT2D eigenvalue weighted by atomic mass is 35.5. The molecule has 0 unspecified atom stereocenters. The third-order valence-corrected chi connectivity index (χ3v) is 4.98. The van der Waals surface area contributed by atoms with E-state index in [0.717, 1.165) is 10.1 Å². The van der Waals surface area contributed by atoms with Gasteiger partial charge in [-0.15, -0.1) is 0 Å². The second kappa shape index (κ2) is 8.42. The molecule has 0 saturated carbocycles. The normalized spacial score (nSPS) is 11.0. The zero-order valence-corrected chi connectivity index (χ0v) is 16.6. The Morgan fingerprint density at radius 2 is 1.73 bits per heavy atom. The molecule has 4 rings (SSSR count). The van der Waals surface area contributed by atoms with Gasteiger partial charge in [-0.3, -0.25) is 18.7 Å². The topological polar surface area (TPSA) is 86.2 Å². The zero-order valence-electron chi connectivity index (χ0n) is 15.9. The maximum Gasteiger partial charge on any atom is 0.332 e. The highest BCUT2D eigenvalue weighted by Gasteiger charge is 2.16. The number of fused-ring (bicyclic) bond motifs is 1. The maximum atomic E-state index is 13.1. The summed E-state index contributed by atoms with van der Waals surface area (Å²) in [5.41, 5.74) is 0.291. The van der Waals surface area contributed by atoms with Gasteiger partial charge in [0, 0.05) is 11.6 Å². The van der Waals surface area contributed by atoms with Crippen LogP contribution in [0.1, 0.15) is 11.3 Å². The molecule has 0 fully saturated rings. The van der Waals surface area contributed by atoms with E-state index in [1.807, 2.05) is 12.1 Å². The number of rotatable bonds is 6. The summed E-state index contributed by atoms with van der Waals surface area (Å²) in [7, 11) is 0. The van der Waals surface area contributed by atoms with Gasteiger partial charge >= 0.3 is 5.69 Å². The van der Waals surface area contributed by atoms with E-state index in [-0.39, 0.29) is 19.0 Å². The molecule has 1 amide bonds. The lowest BCUT2D eigenvalue weighted by Gasteiger charge is -2.13. The Balaban J connectivity index is 1.65. The van der Waals surface area contributed by atoms with E-state index in [0.29, 0.717) is 28.2 Å². The van der Waals surface area contributed by atoms with Crippen LogP contribution in [-0.2, 0) is 24.4 Å². The van der Waals surface area contributed by atoms with Crippen molar-refractivity contribution in [2.24, 2.45) is 0 Å². The van der Waals surface area contributed by atoms with Gasteiger partial charge in [0.25, 0.3) is 5.56 Å². The molecule has 0 atom stereocenters. The van der Waals surface area contributed by atoms with Crippen molar-refractivity contribution >= 4 is 28.4 Å². The highest BCUT2D eigenvalue weighted by Crippen LogP contribution is 2.10. The SMILES string of the molecule is O=C(Cn1c(=O)n(Cc2ccco2)c(=O)c2ccccc21)NCc1ccc(Cl)cc1. The van der Waals surface area contributed by atoms with Gasteiger partial charge in [0.1, 0.15) is 12.3 Å². The Labute approximate surface area is 176 Å². The molecule has 2 aromatic carbocycles. The molecule has 0 radical (unpaired) electrons. The Bertz CT molecular complexity index is 1310. The first kappa shape index (κ1) is 19.7. The summed E-state index contributed by atoms with van der Waals surface area (Å²) < 4.78 is 7.66. The third kappa shape index (κ3) is 4.06. The fraction of sp³-hybridized carbons (Fsp3) is 0.136. The Hall–Kier alpha value is -3.58. The number of nitrogens with one attached hydrogen (secondary N) is 1. The number of furan rings is 1. The number of amides is 1. The summed E-state index contributed by atoms with van der Waals surface area (Å²) in [6, 6.07) is 17.2. The van der Waals surface area contributed by atoms with Crippen molar-refractivity contribution in [1.29, 1.82) is 0 Å². The van der Waals surface area contributed by atoms with Crippen LogP contribution < -0.4 is 16.6 Å². The molecule has 0 aliphatic rings. The zero-order chi connectivity index (χ0) is 21.1. The van der Waals surface area contributed by atoms with Gasteiger partial charge in [-0.2, -0.15) is 0 Å². The number of carbonyl (C=O) groups excluding carboxylic acids is 1. The fourth-order valence-electron chi connectivity index (χ4n) is 3.22. The molecular weight excluding hydrogens is 406 g/mol. The number of aromatic nitrogens is 2. The predicted molar refractivity (Wildman–Crippen MR) is 114 cm³/mol. The molecule has 2 aromatic heterocycles. The first-order chi connectivity index (χ1) is 14.5. The molecule has 7 nitrogen and oxygen atoms in total. The van der Waals surface area contributed by atoms with Crippen LogP contribution in [0.25, 0.3) is 10.9 Å². The highest BCUT2D eigenvalue weighted by molar-refractivity contribution is 6.30. The van der Waals surface area contributed by atoms with Crippen LogP contribution >= 0.6 is 11.6 Å². The van der Waals surface area contributed by atoms with Crippen LogP contribution in [0.4, 0.5) is 0 Å². The summed E-state index contributed by atoms with van der Waals surface area (Å²) in [4.78, 5) is 38.5. The van der Waals surface area contributed by atoms with Crippen LogP contribution in [0.5, 0.6) is 0 Å². The molecular formula is C22H18ClN3O4. The van der Waals surface area contributed by atoms with Crippen molar-refractivity contribution in [1.82, 2.24) is 14.5 Å². The van der Waals surface area contributed by atoms with E-state index < -0.39 is 11.2 Å². The smallest absolute Gasteiger partial charge is 0.332 e. The number of carbonyl (C=O) groups is 1. The minimum atomic E-state index is -0.572. The van der Waals surface area contributed by atoms with Crippen LogP contribution in [0.15, 0.2) is 80.9 Å². The van der Waals surface area contributed by atoms with Gasteiger partial charge in [-0.1, -0.05) is 35.9 Å². The van der Waals surface area contributed by atoms with E-state index in [1.54, 1.807) is 48.5 Å². The van der Waals surface area contributed by atoms with E-state index in [9.17, 15) is 14.4 Å².